The van der Waals surface area contributed by atoms with Crippen molar-refractivity contribution in [3.05, 3.63) is 231 Å². The second-order valence-electron chi connectivity index (χ2n) is 15.1. The van der Waals surface area contributed by atoms with Crippen LogP contribution >= 0.6 is 0 Å². The summed E-state index contributed by atoms with van der Waals surface area (Å²) in [6.07, 6.45) is 0. The van der Waals surface area contributed by atoms with Crippen molar-refractivity contribution in [3.63, 3.8) is 0 Å². The summed E-state index contributed by atoms with van der Waals surface area (Å²) < 4.78 is 0. The van der Waals surface area contributed by atoms with Crippen molar-refractivity contribution >= 4 is 43.1 Å². The van der Waals surface area contributed by atoms with Crippen LogP contribution in [0.1, 0.15) is 0 Å². The summed E-state index contributed by atoms with van der Waals surface area (Å²) in [7, 11) is 0. The summed E-state index contributed by atoms with van der Waals surface area (Å²) >= 11 is 0. The Morgan fingerprint density at radius 3 is 0.914 bits per heavy atom. The van der Waals surface area contributed by atoms with Crippen LogP contribution in [0.5, 0.6) is 0 Å². The van der Waals surface area contributed by atoms with Gasteiger partial charge in [0.15, 0.2) is 0 Å². The first-order chi connectivity index (χ1) is 28.8. The molecule has 11 aromatic carbocycles. The van der Waals surface area contributed by atoms with Crippen LogP contribution in [0.2, 0.25) is 0 Å². The van der Waals surface area contributed by atoms with Crippen molar-refractivity contribution in [2.24, 2.45) is 0 Å². The molecule has 11 rings (SSSR count). The molecule has 0 heterocycles. The van der Waals surface area contributed by atoms with E-state index in [4.69, 9.17) is 0 Å². The van der Waals surface area contributed by atoms with Gasteiger partial charge in [-0.25, -0.2) is 0 Å². The number of fused-ring (bicyclic) bond motifs is 4. The smallest absolute Gasteiger partial charge is 0.00201 e. The zero-order chi connectivity index (χ0) is 38.4. The van der Waals surface area contributed by atoms with Crippen LogP contribution in [0.25, 0.3) is 110 Å². The topological polar surface area (TPSA) is 0 Å². The minimum Gasteiger partial charge on any atom is -0.0622 e. The summed E-state index contributed by atoms with van der Waals surface area (Å²) in [6, 6.07) is 84.4. The molecule has 0 bridgehead atoms. The van der Waals surface area contributed by atoms with Crippen LogP contribution in [0.4, 0.5) is 0 Å². The summed E-state index contributed by atoms with van der Waals surface area (Å²) in [5.41, 5.74) is 14.9. The Labute approximate surface area is 339 Å². The maximum Gasteiger partial charge on any atom is -0.00201 e. The van der Waals surface area contributed by atoms with E-state index in [9.17, 15) is 0 Å². The lowest BCUT2D eigenvalue weighted by molar-refractivity contribution is 1.60. The predicted molar refractivity (Wildman–Crippen MR) is 249 cm³/mol. The molecule has 0 radical (unpaired) electrons. The van der Waals surface area contributed by atoms with E-state index in [1.54, 1.807) is 0 Å². The lowest BCUT2D eigenvalue weighted by Gasteiger charge is -2.20. The van der Waals surface area contributed by atoms with Crippen LogP contribution in [0, 0.1) is 0 Å². The average molecular weight is 735 g/mol. The van der Waals surface area contributed by atoms with Crippen molar-refractivity contribution in [1.82, 2.24) is 0 Å². The number of benzene rings is 11. The molecule has 0 aromatic heterocycles. The molecule has 0 amide bonds. The molecule has 0 nitrogen and oxygen atoms in total. The van der Waals surface area contributed by atoms with E-state index >= 15 is 0 Å². The van der Waals surface area contributed by atoms with E-state index in [1.807, 2.05) is 0 Å². The third-order valence-corrected chi connectivity index (χ3v) is 11.9. The molecular formula is C58H38. The molecule has 0 aliphatic rings. The summed E-state index contributed by atoms with van der Waals surface area (Å²) in [4.78, 5) is 0. The standard InChI is InChI=1S/C58H38/c1-3-18-39(19-4-1)43-22-17-23-44(38-43)57-49-28-11-9-26-47(49)55(48-27-10-12-29-50(48)57)41-34-36-42(37-35-41)56-51-30-13-15-32-53(51)58(54-33-16-14-31-52(54)56)46-25-8-7-24-45(46)40-20-5-2-6-21-40/h1-38H. The highest BCUT2D eigenvalue weighted by Crippen LogP contribution is 2.48. The van der Waals surface area contributed by atoms with Gasteiger partial charge in [0.2, 0.25) is 0 Å². The van der Waals surface area contributed by atoms with E-state index in [-0.39, 0.29) is 0 Å². The minimum atomic E-state index is 1.21. The van der Waals surface area contributed by atoms with Crippen molar-refractivity contribution in [2.45, 2.75) is 0 Å². The van der Waals surface area contributed by atoms with E-state index in [1.165, 1.54) is 110 Å². The van der Waals surface area contributed by atoms with Gasteiger partial charge in [0, 0.05) is 0 Å². The van der Waals surface area contributed by atoms with Crippen molar-refractivity contribution in [2.75, 3.05) is 0 Å². The van der Waals surface area contributed by atoms with Gasteiger partial charge < -0.3 is 0 Å². The van der Waals surface area contributed by atoms with Gasteiger partial charge in [-0.3, -0.25) is 0 Å². The van der Waals surface area contributed by atoms with Crippen LogP contribution in [-0.2, 0) is 0 Å². The normalized spacial score (nSPS) is 11.4. The molecule has 0 saturated heterocycles. The second kappa shape index (κ2) is 14.2. The van der Waals surface area contributed by atoms with Gasteiger partial charge in [-0.2, -0.15) is 0 Å². The molecule has 0 fully saturated rings. The molecule has 58 heavy (non-hydrogen) atoms. The van der Waals surface area contributed by atoms with Gasteiger partial charge in [-0.15, -0.1) is 0 Å². The zero-order valence-corrected chi connectivity index (χ0v) is 31.9. The van der Waals surface area contributed by atoms with Crippen LogP contribution < -0.4 is 0 Å². The highest BCUT2D eigenvalue weighted by molar-refractivity contribution is 6.24. The first kappa shape index (κ1) is 33.8. The Kier molecular flexibility index (Phi) is 8.26. The third-order valence-electron chi connectivity index (χ3n) is 11.9. The molecular weight excluding hydrogens is 697 g/mol. The van der Waals surface area contributed by atoms with Gasteiger partial charge in [-0.1, -0.05) is 224 Å². The van der Waals surface area contributed by atoms with Gasteiger partial charge in [-0.05, 0) is 116 Å². The highest BCUT2D eigenvalue weighted by Gasteiger charge is 2.20. The Balaban J connectivity index is 1.10. The van der Waals surface area contributed by atoms with Crippen molar-refractivity contribution in [1.29, 1.82) is 0 Å². The summed E-state index contributed by atoms with van der Waals surface area (Å²) in [6.45, 7) is 0. The highest BCUT2D eigenvalue weighted by atomic mass is 14.2. The fraction of sp³-hybridized carbons (Fsp3) is 0. The number of hydrogen-bond acceptors (Lipinski definition) is 0. The maximum atomic E-state index is 2.35. The van der Waals surface area contributed by atoms with E-state index < -0.39 is 0 Å². The lowest BCUT2D eigenvalue weighted by atomic mass is 9.83. The van der Waals surface area contributed by atoms with Crippen molar-refractivity contribution < 1.29 is 0 Å². The first-order valence-electron chi connectivity index (χ1n) is 20.1. The van der Waals surface area contributed by atoms with Gasteiger partial charge in [0.05, 0.1) is 0 Å². The SMILES string of the molecule is c1ccc(-c2cccc(-c3c4ccccc4c(-c4ccc(-c5c6ccccc6c(-c6ccccc6-c6ccccc6)c6ccccc56)cc4)c4ccccc34)c2)cc1. The fourth-order valence-electron chi connectivity index (χ4n) is 9.34. The van der Waals surface area contributed by atoms with Crippen LogP contribution in [0.3, 0.4) is 0 Å². The number of hydrogen-bond donors (Lipinski definition) is 0. The molecule has 0 N–H and O–H groups in total. The van der Waals surface area contributed by atoms with Crippen LogP contribution in [0.15, 0.2) is 231 Å². The minimum absolute atomic E-state index is 1.21. The zero-order valence-electron chi connectivity index (χ0n) is 31.9. The Morgan fingerprint density at radius 2 is 0.466 bits per heavy atom. The molecule has 0 saturated carbocycles. The quantitative estimate of drug-likeness (QED) is 0.149. The average Bonchev–Trinajstić information content (AvgIpc) is 3.30. The molecule has 0 atom stereocenters. The molecule has 0 unspecified atom stereocenters. The first-order valence-corrected chi connectivity index (χ1v) is 20.1. The van der Waals surface area contributed by atoms with Crippen LogP contribution in [-0.4, -0.2) is 0 Å². The second-order valence-corrected chi connectivity index (χ2v) is 15.1. The van der Waals surface area contributed by atoms with Crippen molar-refractivity contribution in [3.8, 4) is 66.8 Å². The monoisotopic (exact) mass is 734 g/mol. The lowest BCUT2D eigenvalue weighted by Crippen LogP contribution is -1.93. The molecule has 0 aliphatic carbocycles. The van der Waals surface area contributed by atoms with E-state index in [2.05, 4.69) is 231 Å². The van der Waals surface area contributed by atoms with Gasteiger partial charge in [0.1, 0.15) is 0 Å². The Hall–Kier alpha value is -7.54. The summed E-state index contributed by atoms with van der Waals surface area (Å²) in [5, 5.41) is 10.1. The Morgan fingerprint density at radius 1 is 0.155 bits per heavy atom. The molecule has 11 aromatic rings. The van der Waals surface area contributed by atoms with E-state index in [0.29, 0.717) is 0 Å². The summed E-state index contributed by atoms with van der Waals surface area (Å²) in [5.74, 6) is 0. The predicted octanol–water partition coefficient (Wildman–Crippen LogP) is 16.3. The molecule has 0 aliphatic heterocycles. The third kappa shape index (κ3) is 5.61. The molecule has 270 valence electrons. The fourth-order valence-corrected chi connectivity index (χ4v) is 9.34. The largest absolute Gasteiger partial charge is 0.0622 e. The molecule has 0 heteroatoms. The van der Waals surface area contributed by atoms with Gasteiger partial charge in [0.25, 0.3) is 0 Å². The maximum absolute atomic E-state index is 2.35. The molecule has 0 spiro atoms. The Bertz CT molecular complexity index is 3190. The number of rotatable bonds is 6. The van der Waals surface area contributed by atoms with Gasteiger partial charge >= 0.3 is 0 Å². The van der Waals surface area contributed by atoms with E-state index in [0.717, 1.165) is 0 Å².